The van der Waals surface area contributed by atoms with Gasteiger partial charge in [0, 0.05) is 38.8 Å². The first-order chi connectivity index (χ1) is 25.4. The van der Waals surface area contributed by atoms with Crippen LogP contribution in [0.25, 0.3) is 84.7 Å². The van der Waals surface area contributed by atoms with E-state index in [1.54, 1.807) is 24.3 Å². The van der Waals surface area contributed by atoms with E-state index in [4.69, 9.17) is 0 Å². The molecule has 0 saturated carbocycles. The molecule has 0 unspecified atom stereocenters. The minimum atomic E-state index is -2.36. The van der Waals surface area contributed by atoms with Gasteiger partial charge in [0.25, 0.3) is 0 Å². The second kappa shape index (κ2) is 12.3. The van der Waals surface area contributed by atoms with E-state index >= 15 is 17.6 Å². The fourth-order valence-corrected chi connectivity index (χ4v) is 6.45. The van der Waals surface area contributed by atoms with Crippen molar-refractivity contribution in [2.24, 2.45) is 0 Å². The van der Waals surface area contributed by atoms with Crippen LogP contribution in [-0.2, 0) is 0 Å². The van der Waals surface area contributed by atoms with Crippen LogP contribution in [0.1, 0.15) is 17.0 Å². The molecule has 7 aromatic rings. The Morgan fingerprint density at radius 1 is 0.415 bits per heavy atom. The maximum Gasteiger partial charge on any atom is 0.200 e. The van der Waals surface area contributed by atoms with Gasteiger partial charge in [-0.05, 0) is 65.7 Å². The smallest absolute Gasteiger partial charge is 0.200 e. The van der Waals surface area contributed by atoms with Crippen molar-refractivity contribution in [3.8, 4) is 33.4 Å². The van der Waals surface area contributed by atoms with Crippen LogP contribution in [-0.4, -0.2) is 19.9 Å². The lowest BCUT2D eigenvalue weighted by molar-refractivity contribution is 0.381. The van der Waals surface area contributed by atoms with Gasteiger partial charge in [-0.25, -0.2) is 48.9 Å². The molecule has 0 aliphatic carbocycles. The van der Waals surface area contributed by atoms with E-state index in [1.807, 2.05) is 0 Å². The number of hydrogen-bond acceptors (Lipinski definition) is 1. The van der Waals surface area contributed by atoms with Gasteiger partial charge in [0.2, 0.25) is 11.6 Å². The summed E-state index contributed by atoms with van der Waals surface area (Å²) in [4.78, 5) is 13.3. The molecule has 0 spiro atoms. The molecule has 0 fully saturated rings. The Balaban J connectivity index is 1.61. The summed E-state index contributed by atoms with van der Waals surface area (Å²) < 4.78 is 149. The zero-order valence-electron chi connectivity index (χ0n) is 26.4. The van der Waals surface area contributed by atoms with E-state index in [2.05, 4.69) is 26.5 Å². The summed E-state index contributed by atoms with van der Waals surface area (Å²) in [5.74, 6) is -21.8. The highest BCUT2D eigenvalue weighted by molar-refractivity contribution is 6.00. The molecule has 4 nitrogen and oxygen atoms in total. The van der Waals surface area contributed by atoms with E-state index in [1.165, 1.54) is 54.6 Å². The third-order valence-electron chi connectivity index (χ3n) is 8.91. The van der Waals surface area contributed by atoms with Gasteiger partial charge in [-0.15, -0.1) is 0 Å². The average molecular weight is 733 g/mol. The lowest BCUT2D eigenvalue weighted by atomic mass is 10.0. The molecular formula is C39H18F10N4. The summed E-state index contributed by atoms with van der Waals surface area (Å²) in [6.07, 6.45) is 4.25. The van der Waals surface area contributed by atoms with Gasteiger partial charge in [0.1, 0.15) is 0 Å². The van der Waals surface area contributed by atoms with Gasteiger partial charge in [-0.1, -0.05) is 30.9 Å². The lowest BCUT2D eigenvalue weighted by Crippen LogP contribution is -2.05. The summed E-state index contributed by atoms with van der Waals surface area (Å²) in [5, 5.41) is 0. The molecule has 1 aliphatic rings. The lowest BCUT2D eigenvalue weighted by Gasteiger charge is -2.10. The maximum atomic E-state index is 15.5. The van der Waals surface area contributed by atoms with Crippen molar-refractivity contribution in [3.05, 3.63) is 142 Å². The van der Waals surface area contributed by atoms with Crippen molar-refractivity contribution in [2.75, 3.05) is 0 Å². The molecule has 3 N–H and O–H groups in total. The minimum Gasteiger partial charge on any atom is -0.354 e. The molecule has 14 heteroatoms. The van der Waals surface area contributed by atoms with Crippen LogP contribution in [0.15, 0.2) is 67.2 Å². The number of halogens is 10. The normalized spacial score (nSPS) is 12.0. The molecule has 4 aromatic heterocycles. The van der Waals surface area contributed by atoms with Gasteiger partial charge >= 0.3 is 0 Å². The molecule has 1 aliphatic heterocycles. The molecule has 0 amide bonds. The van der Waals surface area contributed by atoms with Gasteiger partial charge < -0.3 is 15.0 Å². The van der Waals surface area contributed by atoms with Crippen LogP contribution in [0, 0.1) is 58.2 Å². The summed E-state index contributed by atoms with van der Waals surface area (Å²) in [6, 6.07) is 14.9. The quantitative estimate of drug-likeness (QED) is 0.0942. The maximum absolute atomic E-state index is 15.5. The molecule has 8 rings (SSSR count). The summed E-state index contributed by atoms with van der Waals surface area (Å²) in [7, 11) is 0. The number of aromatic nitrogens is 4. The van der Waals surface area contributed by atoms with E-state index in [-0.39, 0.29) is 50.1 Å². The zero-order chi connectivity index (χ0) is 37.5. The van der Waals surface area contributed by atoms with E-state index in [0.717, 1.165) is 0 Å². The summed E-state index contributed by atoms with van der Waals surface area (Å²) >= 11 is 0. The highest BCUT2D eigenvalue weighted by Crippen LogP contribution is 2.41. The first-order valence-corrected chi connectivity index (χ1v) is 15.5. The predicted molar refractivity (Wildman–Crippen MR) is 181 cm³/mol. The first kappa shape index (κ1) is 33.6. The molecule has 8 bridgehead atoms. The fourth-order valence-electron chi connectivity index (χ4n) is 6.45. The number of aromatic amines is 3. The number of H-pyrrole nitrogens is 3. The Bertz CT molecular complexity index is 2820. The SMILES string of the molecule is C=Cc1cccc(-c2c3nc(c(-c4c(F)c(F)c(F)c(F)c4F)c4ccc([nH]4)c4ccc([nH]4)c(-c4c(F)c(F)c(F)c(F)c4F)c4ccc2[nH]4)C=C3)c1. The molecule has 0 atom stereocenters. The van der Waals surface area contributed by atoms with Crippen LogP contribution in [0.3, 0.4) is 0 Å². The van der Waals surface area contributed by atoms with E-state index in [9.17, 15) is 26.3 Å². The molecule has 3 aromatic carbocycles. The number of benzene rings is 3. The topological polar surface area (TPSA) is 60.3 Å². The Hall–Kier alpha value is -6.57. The molecular weight excluding hydrogens is 714 g/mol. The third-order valence-corrected chi connectivity index (χ3v) is 8.91. The average Bonchev–Trinajstić information content (AvgIpc) is 4.00. The second-order valence-electron chi connectivity index (χ2n) is 11.9. The number of rotatable bonds is 4. The molecule has 0 saturated heterocycles. The molecule has 5 heterocycles. The van der Waals surface area contributed by atoms with Crippen molar-refractivity contribution in [3.63, 3.8) is 0 Å². The zero-order valence-corrected chi connectivity index (χ0v) is 26.4. The van der Waals surface area contributed by atoms with Crippen LogP contribution in [0.5, 0.6) is 0 Å². The Morgan fingerprint density at radius 3 is 1.28 bits per heavy atom. The first-order valence-electron chi connectivity index (χ1n) is 15.5. The monoisotopic (exact) mass is 732 g/mol. The third kappa shape index (κ3) is 5.12. The van der Waals surface area contributed by atoms with Crippen molar-refractivity contribution >= 4 is 51.3 Å². The predicted octanol–water partition coefficient (Wildman–Crippen LogP) is 11.7. The highest BCUT2D eigenvalue weighted by Gasteiger charge is 2.31. The molecule has 264 valence electrons. The van der Waals surface area contributed by atoms with Crippen molar-refractivity contribution in [1.29, 1.82) is 0 Å². The van der Waals surface area contributed by atoms with Gasteiger partial charge in [0.15, 0.2) is 46.5 Å². The Labute approximate surface area is 290 Å². The van der Waals surface area contributed by atoms with Crippen LogP contribution in [0.4, 0.5) is 43.9 Å². The summed E-state index contributed by atoms with van der Waals surface area (Å²) in [5.41, 5.74) is -2.18. The number of nitrogens with one attached hydrogen (secondary N) is 3. The Kier molecular flexibility index (Phi) is 7.78. The number of nitrogens with zero attached hydrogens (tertiary/aromatic N) is 1. The van der Waals surface area contributed by atoms with Crippen LogP contribution in [0.2, 0.25) is 0 Å². The van der Waals surface area contributed by atoms with Crippen LogP contribution >= 0.6 is 0 Å². The largest absolute Gasteiger partial charge is 0.354 e. The standard InChI is InChI=1S/C39H18F10N4/c1-2-15-4-3-5-16(14-15)25-19-10-12-23(52-19)26(28-30(40)34(44)38(48)35(45)31(28)41)21-8-6-17(50-21)18-7-9-22(51-18)27(24-13-11-20(25)53-24)29-32(42)36(46)39(49)37(47)33(29)43/h2-14,50-52H,1H2. The van der Waals surface area contributed by atoms with Gasteiger partial charge in [-0.3, -0.25) is 0 Å². The number of hydrogen-bond donors (Lipinski definition) is 3. The van der Waals surface area contributed by atoms with Crippen molar-refractivity contribution < 1.29 is 43.9 Å². The highest BCUT2D eigenvalue weighted by atomic mass is 19.2. The minimum absolute atomic E-state index is 0.0944. The van der Waals surface area contributed by atoms with Crippen LogP contribution < -0.4 is 0 Å². The van der Waals surface area contributed by atoms with E-state index in [0.29, 0.717) is 11.1 Å². The second-order valence-corrected chi connectivity index (χ2v) is 11.9. The Morgan fingerprint density at radius 2 is 0.792 bits per heavy atom. The summed E-state index contributed by atoms with van der Waals surface area (Å²) in [6.45, 7) is 3.77. The molecule has 53 heavy (non-hydrogen) atoms. The fraction of sp³-hybridized carbons (Fsp3) is 0. The van der Waals surface area contributed by atoms with Gasteiger partial charge in [0.05, 0.1) is 33.5 Å². The molecule has 0 radical (unpaired) electrons. The van der Waals surface area contributed by atoms with Crippen molar-refractivity contribution in [2.45, 2.75) is 0 Å². The van der Waals surface area contributed by atoms with Gasteiger partial charge in [-0.2, -0.15) is 0 Å². The van der Waals surface area contributed by atoms with Crippen molar-refractivity contribution in [1.82, 2.24) is 19.9 Å². The van der Waals surface area contributed by atoms with E-state index < -0.39 is 80.4 Å². The number of fused-ring (bicyclic) bond motifs is 9.